The number of aromatic amines is 1. The van der Waals surface area contributed by atoms with E-state index in [-0.39, 0.29) is 11.8 Å². The van der Waals surface area contributed by atoms with Gasteiger partial charge in [0.25, 0.3) is 0 Å². The highest BCUT2D eigenvalue weighted by Gasteiger charge is 2.27. The molecule has 3 N–H and O–H groups in total. The highest BCUT2D eigenvalue weighted by atomic mass is 35.5. The van der Waals surface area contributed by atoms with Gasteiger partial charge in [0.2, 0.25) is 5.91 Å². The molecule has 116 valence electrons. The molecule has 0 spiro atoms. The van der Waals surface area contributed by atoms with Crippen molar-refractivity contribution in [3.8, 4) is 0 Å². The van der Waals surface area contributed by atoms with E-state index in [0.717, 1.165) is 45.3 Å². The van der Waals surface area contributed by atoms with Crippen LogP contribution in [0.15, 0.2) is 6.07 Å². The normalized spacial score (nSPS) is 25.7. The molecule has 1 aromatic rings. The average Bonchev–Trinajstić information content (AvgIpc) is 2.97. The molecule has 1 aliphatic heterocycles. The fourth-order valence-electron chi connectivity index (χ4n) is 3.70. The summed E-state index contributed by atoms with van der Waals surface area (Å²) in [4.78, 5) is 17.3. The zero-order valence-corrected chi connectivity index (χ0v) is 13.2. The minimum atomic E-state index is 0.0564. The molecule has 1 saturated heterocycles. The van der Waals surface area contributed by atoms with E-state index in [4.69, 9.17) is 17.3 Å². The Morgan fingerprint density at radius 2 is 2.33 bits per heavy atom. The van der Waals surface area contributed by atoms with Crippen molar-refractivity contribution in [2.45, 2.75) is 38.0 Å². The van der Waals surface area contributed by atoms with Gasteiger partial charge in [0.15, 0.2) is 0 Å². The van der Waals surface area contributed by atoms with Crippen LogP contribution in [0.2, 0.25) is 0 Å². The number of hydrogen-bond acceptors (Lipinski definition) is 2. The number of amides is 1. The molecule has 0 bridgehead atoms. The molecule has 4 nitrogen and oxygen atoms in total. The van der Waals surface area contributed by atoms with E-state index >= 15 is 0 Å². The van der Waals surface area contributed by atoms with Gasteiger partial charge >= 0.3 is 0 Å². The monoisotopic (exact) mass is 309 g/mol. The fourth-order valence-corrected chi connectivity index (χ4v) is 3.86. The Hall–Kier alpha value is -1.00. The molecule has 1 fully saturated rings. The Bertz CT molecular complexity index is 514. The lowest BCUT2D eigenvalue weighted by atomic mass is 9.87. The number of piperidine rings is 1. The number of alkyl halides is 1. The average molecular weight is 310 g/mol. The minimum Gasteiger partial charge on any atom is -0.362 e. The molecule has 2 atom stereocenters. The van der Waals surface area contributed by atoms with Gasteiger partial charge < -0.3 is 15.6 Å². The van der Waals surface area contributed by atoms with Crippen molar-refractivity contribution >= 4 is 17.5 Å². The van der Waals surface area contributed by atoms with Crippen molar-refractivity contribution in [1.82, 2.24) is 9.88 Å². The van der Waals surface area contributed by atoms with E-state index in [1.807, 2.05) is 4.90 Å². The Kier molecular flexibility index (Phi) is 4.55. The smallest absolute Gasteiger partial charge is 0.237 e. The first-order valence-corrected chi connectivity index (χ1v) is 8.49. The van der Waals surface area contributed by atoms with Gasteiger partial charge in [-0.25, -0.2) is 0 Å². The summed E-state index contributed by atoms with van der Waals surface area (Å²) in [5.41, 5.74) is 9.93. The summed E-state index contributed by atoms with van der Waals surface area (Å²) in [6, 6.07) is 2.32. The summed E-state index contributed by atoms with van der Waals surface area (Å²) in [6.07, 6.45) is 5.59. The number of carbonyl (C=O) groups excluding carboxylic acids is 1. The Morgan fingerprint density at radius 1 is 1.48 bits per heavy atom. The van der Waals surface area contributed by atoms with Crippen LogP contribution in [0.5, 0.6) is 0 Å². The summed E-state index contributed by atoms with van der Waals surface area (Å²) in [6.45, 7) is 2.42. The second-order valence-electron chi connectivity index (χ2n) is 6.39. The largest absolute Gasteiger partial charge is 0.362 e. The van der Waals surface area contributed by atoms with Crippen LogP contribution < -0.4 is 5.73 Å². The molecular formula is C16H24ClN3O. The number of aryl methyl sites for hydroxylation is 1. The lowest BCUT2D eigenvalue weighted by molar-refractivity contribution is -0.129. The van der Waals surface area contributed by atoms with Gasteiger partial charge in [0, 0.05) is 30.4 Å². The molecule has 1 amide bonds. The summed E-state index contributed by atoms with van der Waals surface area (Å²) in [5.74, 6) is 1.20. The molecule has 2 unspecified atom stereocenters. The van der Waals surface area contributed by atoms with Crippen molar-refractivity contribution in [3.05, 3.63) is 23.0 Å². The maximum Gasteiger partial charge on any atom is 0.237 e. The summed E-state index contributed by atoms with van der Waals surface area (Å²) in [7, 11) is 0. The maximum absolute atomic E-state index is 11.8. The first kappa shape index (κ1) is 14.9. The number of nitrogens with one attached hydrogen (secondary N) is 1. The molecule has 0 saturated carbocycles. The van der Waals surface area contributed by atoms with Crippen molar-refractivity contribution in [2.24, 2.45) is 11.7 Å². The molecule has 5 heteroatoms. The van der Waals surface area contributed by atoms with E-state index in [1.54, 1.807) is 0 Å². The third kappa shape index (κ3) is 3.11. The zero-order chi connectivity index (χ0) is 14.8. The first-order valence-electron chi connectivity index (χ1n) is 7.95. The highest BCUT2D eigenvalue weighted by molar-refractivity contribution is 6.27. The molecule has 1 aliphatic carbocycles. The summed E-state index contributed by atoms with van der Waals surface area (Å²) >= 11 is 5.68. The van der Waals surface area contributed by atoms with E-state index in [9.17, 15) is 4.79 Å². The highest BCUT2D eigenvalue weighted by Crippen LogP contribution is 2.32. The predicted octanol–water partition coefficient (Wildman–Crippen LogP) is 2.02. The van der Waals surface area contributed by atoms with E-state index in [2.05, 4.69) is 11.1 Å². The molecule has 2 heterocycles. The standard InChI is InChI=1S/C16H24ClN3O/c17-8-16(21)20-5-1-2-12(10-20)15-7-13-6-11(9-18)3-4-14(13)19-15/h7,11-12,19H,1-6,8-10,18H2. The number of likely N-dealkylation sites (tertiary alicyclic amines) is 1. The van der Waals surface area contributed by atoms with Crippen LogP contribution in [-0.2, 0) is 17.6 Å². The fraction of sp³-hybridized carbons (Fsp3) is 0.688. The van der Waals surface area contributed by atoms with Crippen LogP contribution in [0.1, 0.15) is 42.1 Å². The van der Waals surface area contributed by atoms with Gasteiger partial charge in [-0.3, -0.25) is 4.79 Å². The first-order chi connectivity index (χ1) is 10.2. The molecule has 21 heavy (non-hydrogen) atoms. The summed E-state index contributed by atoms with van der Waals surface area (Å²) < 4.78 is 0. The molecule has 2 aliphatic rings. The van der Waals surface area contributed by atoms with Gasteiger partial charge in [0.1, 0.15) is 5.88 Å². The number of H-pyrrole nitrogens is 1. The third-order valence-electron chi connectivity index (χ3n) is 4.99. The van der Waals surface area contributed by atoms with Crippen LogP contribution in [0.4, 0.5) is 0 Å². The topological polar surface area (TPSA) is 62.1 Å². The second-order valence-corrected chi connectivity index (χ2v) is 6.65. The van der Waals surface area contributed by atoms with Crippen molar-refractivity contribution < 1.29 is 4.79 Å². The van der Waals surface area contributed by atoms with Gasteiger partial charge in [-0.15, -0.1) is 11.6 Å². The van der Waals surface area contributed by atoms with Crippen LogP contribution in [0.25, 0.3) is 0 Å². The SMILES string of the molecule is NCC1CCc2[nH]c(C3CCCN(C(=O)CCl)C3)cc2C1. The summed E-state index contributed by atoms with van der Waals surface area (Å²) in [5, 5.41) is 0. The number of nitrogens with zero attached hydrogens (tertiary/aromatic N) is 1. The minimum absolute atomic E-state index is 0.0564. The lowest BCUT2D eigenvalue weighted by Gasteiger charge is -2.32. The molecule has 0 aromatic carbocycles. The number of aromatic nitrogens is 1. The Morgan fingerprint density at radius 3 is 3.10 bits per heavy atom. The Labute approximate surface area is 131 Å². The number of nitrogens with two attached hydrogens (primary N) is 1. The van der Waals surface area contributed by atoms with E-state index < -0.39 is 0 Å². The van der Waals surface area contributed by atoms with Crippen LogP contribution >= 0.6 is 11.6 Å². The Balaban J connectivity index is 1.72. The number of fused-ring (bicyclic) bond motifs is 1. The quantitative estimate of drug-likeness (QED) is 0.839. The van der Waals surface area contributed by atoms with Crippen molar-refractivity contribution in [1.29, 1.82) is 0 Å². The van der Waals surface area contributed by atoms with Crippen LogP contribution in [-0.4, -0.2) is 41.3 Å². The van der Waals surface area contributed by atoms with Gasteiger partial charge in [-0.2, -0.15) is 0 Å². The molecule has 0 radical (unpaired) electrons. The zero-order valence-electron chi connectivity index (χ0n) is 12.4. The second kappa shape index (κ2) is 6.41. The van der Waals surface area contributed by atoms with E-state index in [0.29, 0.717) is 11.8 Å². The van der Waals surface area contributed by atoms with Crippen molar-refractivity contribution in [3.63, 3.8) is 0 Å². The number of rotatable bonds is 3. The van der Waals surface area contributed by atoms with Crippen LogP contribution in [0.3, 0.4) is 0 Å². The third-order valence-corrected chi connectivity index (χ3v) is 5.21. The predicted molar refractivity (Wildman–Crippen MR) is 84.6 cm³/mol. The van der Waals surface area contributed by atoms with Gasteiger partial charge in [-0.1, -0.05) is 0 Å². The maximum atomic E-state index is 11.8. The number of hydrogen-bond donors (Lipinski definition) is 2. The molecule has 3 rings (SSSR count). The van der Waals surface area contributed by atoms with E-state index in [1.165, 1.54) is 23.4 Å². The van der Waals surface area contributed by atoms with Gasteiger partial charge in [0.05, 0.1) is 0 Å². The molecule has 1 aromatic heterocycles. The number of carbonyl (C=O) groups is 1. The number of halogens is 1. The lowest BCUT2D eigenvalue weighted by Crippen LogP contribution is -2.39. The van der Waals surface area contributed by atoms with Crippen LogP contribution in [0, 0.1) is 5.92 Å². The molecular weight excluding hydrogens is 286 g/mol. The van der Waals surface area contributed by atoms with Gasteiger partial charge in [-0.05, 0) is 56.2 Å². The van der Waals surface area contributed by atoms with Crippen molar-refractivity contribution in [2.75, 3.05) is 25.5 Å².